The summed E-state index contributed by atoms with van der Waals surface area (Å²) in [5.74, 6) is 1.08. The first-order valence-electron chi connectivity index (χ1n) is 8.20. The van der Waals surface area contributed by atoms with Gasteiger partial charge in [0.15, 0.2) is 0 Å². The van der Waals surface area contributed by atoms with E-state index >= 15 is 0 Å². The summed E-state index contributed by atoms with van der Waals surface area (Å²) in [6, 6.07) is 14.8. The zero-order valence-electron chi connectivity index (χ0n) is 15.5. The highest BCUT2D eigenvalue weighted by atomic mass is 32.2. The van der Waals surface area contributed by atoms with E-state index in [0.717, 1.165) is 0 Å². The van der Waals surface area contributed by atoms with E-state index in [-0.39, 0.29) is 10.6 Å². The Balaban J connectivity index is 1.90. The van der Waals surface area contributed by atoms with Crippen molar-refractivity contribution in [2.24, 2.45) is 0 Å². The maximum atomic E-state index is 12.8. The molecule has 0 aliphatic rings. The molecule has 0 spiro atoms. The lowest BCUT2D eigenvalue weighted by atomic mass is 10.1. The second kappa shape index (κ2) is 8.13. The summed E-state index contributed by atoms with van der Waals surface area (Å²) < 4.78 is 43.5. The zero-order valence-corrected chi connectivity index (χ0v) is 16.4. The smallest absolute Gasteiger partial charge is 0.265 e. The molecule has 0 fully saturated rings. The summed E-state index contributed by atoms with van der Waals surface area (Å²) in [4.78, 5) is 0.00504. The van der Waals surface area contributed by atoms with Crippen molar-refractivity contribution < 1.29 is 22.6 Å². The van der Waals surface area contributed by atoms with Crippen LogP contribution in [0.5, 0.6) is 17.4 Å². The van der Waals surface area contributed by atoms with Gasteiger partial charge in [-0.2, -0.15) is 0 Å². The van der Waals surface area contributed by atoms with Gasteiger partial charge in [0.05, 0.1) is 27.0 Å². The van der Waals surface area contributed by atoms with Crippen LogP contribution in [0.3, 0.4) is 0 Å². The minimum atomic E-state index is -3.88. The number of benzene rings is 2. The van der Waals surface area contributed by atoms with Crippen molar-refractivity contribution in [3.63, 3.8) is 0 Å². The third-order valence-corrected chi connectivity index (χ3v) is 5.34. The maximum Gasteiger partial charge on any atom is 0.265 e. The summed E-state index contributed by atoms with van der Waals surface area (Å²) in [6.45, 7) is 0. The minimum Gasteiger partial charge on any atom is -0.497 e. The molecule has 3 rings (SSSR count). The quantitative estimate of drug-likeness (QED) is 0.650. The second-order valence-corrected chi connectivity index (χ2v) is 7.31. The summed E-state index contributed by atoms with van der Waals surface area (Å²) >= 11 is 0. The lowest BCUT2D eigenvalue weighted by molar-refractivity contribution is 0.386. The molecule has 146 valence electrons. The number of nitrogens with one attached hydrogen (secondary N) is 1. The van der Waals surface area contributed by atoms with Crippen LogP contribution in [0.4, 0.5) is 5.69 Å². The van der Waals surface area contributed by atoms with Gasteiger partial charge in [-0.3, -0.25) is 4.72 Å². The molecule has 8 nitrogen and oxygen atoms in total. The van der Waals surface area contributed by atoms with Gasteiger partial charge in [-0.25, -0.2) is 8.42 Å². The second-order valence-electron chi connectivity index (χ2n) is 5.66. The summed E-state index contributed by atoms with van der Waals surface area (Å²) in [6.07, 6.45) is 0. The van der Waals surface area contributed by atoms with E-state index in [1.54, 1.807) is 36.4 Å². The monoisotopic (exact) mass is 401 g/mol. The molecule has 2 aromatic carbocycles. The maximum absolute atomic E-state index is 12.8. The van der Waals surface area contributed by atoms with Gasteiger partial charge in [0.1, 0.15) is 16.4 Å². The van der Waals surface area contributed by atoms with Gasteiger partial charge in [-0.05, 0) is 30.3 Å². The fourth-order valence-electron chi connectivity index (χ4n) is 2.53. The number of hydrogen-bond donors (Lipinski definition) is 1. The Morgan fingerprint density at radius 1 is 0.857 bits per heavy atom. The van der Waals surface area contributed by atoms with E-state index < -0.39 is 10.0 Å². The summed E-state index contributed by atoms with van der Waals surface area (Å²) in [7, 11) is 0.524. The number of aromatic nitrogens is 2. The Kier molecular flexibility index (Phi) is 5.65. The Hall–Kier alpha value is -3.33. The molecule has 3 aromatic rings. The molecule has 9 heteroatoms. The Morgan fingerprint density at radius 3 is 2.32 bits per heavy atom. The van der Waals surface area contributed by atoms with Crippen LogP contribution in [0.25, 0.3) is 11.3 Å². The first-order valence-corrected chi connectivity index (χ1v) is 9.68. The fraction of sp³-hybridized carbons (Fsp3) is 0.158. The molecular formula is C19H19N3O5S. The number of sulfonamides is 1. The highest BCUT2D eigenvalue weighted by Gasteiger charge is 2.20. The van der Waals surface area contributed by atoms with Gasteiger partial charge >= 0.3 is 0 Å². The van der Waals surface area contributed by atoms with Crippen molar-refractivity contribution in [1.82, 2.24) is 10.2 Å². The minimum absolute atomic E-state index is 0.00504. The van der Waals surface area contributed by atoms with Crippen molar-refractivity contribution in [3.05, 3.63) is 54.6 Å². The Labute approximate surface area is 163 Å². The fourth-order valence-corrected chi connectivity index (χ4v) is 3.73. The molecule has 1 heterocycles. The highest BCUT2D eigenvalue weighted by Crippen LogP contribution is 2.30. The van der Waals surface area contributed by atoms with E-state index in [0.29, 0.717) is 28.6 Å². The molecule has 0 saturated carbocycles. The van der Waals surface area contributed by atoms with Crippen molar-refractivity contribution in [2.75, 3.05) is 26.1 Å². The zero-order chi connectivity index (χ0) is 20.1. The largest absolute Gasteiger partial charge is 0.497 e. The van der Waals surface area contributed by atoms with Crippen molar-refractivity contribution in [2.45, 2.75) is 4.90 Å². The number of anilines is 1. The van der Waals surface area contributed by atoms with Gasteiger partial charge in [-0.1, -0.05) is 12.1 Å². The molecule has 1 N–H and O–H groups in total. The van der Waals surface area contributed by atoms with Crippen LogP contribution in [-0.4, -0.2) is 39.9 Å². The number of methoxy groups -OCH3 is 3. The molecule has 28 heavy (non-hydrogen) atoms. The Morgan fingerprint density at radius 2 is 1.68 bits per heavy atom. The third-order valence-electron chi connectivity index (χ3n) is 3.92. The topological polar surface area (TPSA) is 99.6 Å². The molecule has 1 aromatic heterocycles. The molecule has 0 aliphatic heterocycles. The van der Waals surface area contributed by atoms with Crippen molar-refractivity contribution in [3.8, 4) is 28.6 Å². The molecule has 0 atom stereocenters. The molecular weight excluding hydrogens is 382 g/mol. The highest BCUT2D eigenvalue weighted by molar-refractivity contribution is 7.92. The van der Waals surface area contributed by atoms with Crippen LogP contribution in [0.2, 0.25) is 0 Å². The molecule has 0 radical (unpaired) electrons. The molecule has 0 aliphatic carbocycles. The van der Waals surface area contributed by atoms with E-state index in [4.69, 9.17) is 14.2 Å². The van der Waals surface area contributed by atoms with Crippen LogP contribution >= 0.6 is 0 Å². The molecule has 0 amide bonds. The summed E-state index contributed by atoms with van der Waals surface area (Å²) in [5.41, 5.74) is 1.67. The van der Waals surface area contributed by atoms with Crippen molar-refractivity contribution in [1.29, 1.82) is 0 Å². The van der Waals surface area contributed by atoms with E-state index in [9.17, 15) is 8.42 Å². The molecule has 0 unspecified atom stereocenters. The van der Waals surface area contributed by atoms with E-state index in [1.807, 2.05) is 6.07 Å². The van der Waals surface area contributed by atoms with E-state index in [2.05, 4.69) is 14.9 Å². The number of ether oxygens (including phenoxy) is 3. The number of rotatable bonds is 7. The predicted molar refractivity (Wildman–Crippen MR) is 104 cm³/mol. The van der Waals surface area contributed by atoms with Crippen LogP contribution in [0, 0.1) is 0 Å². The third kappa shape index (κ3) is 4.15. The Bertz CT molecular complexity index is 1070. The van der Waals surface area contributed by atoms with Gasteiger partial charge in [0, 0.05) is 23.4 Å². The standard InChI is InChI=1S/C19H19N3O5S/c1-25-15-7-9-18(17(12-15)26-2)28(23,24)22-14-6-4-5-13(11-14)16-8-10-19(27-3)21-20-16/h4-12,22H,1-3H3. The van der Waals surface area contributed by atoms with Crippen LogP contribution in [0.1, 0.15) is 0 Å². The van der Waals surface area contributed by atoms with Gasteiger partial charge in [-0.15, -0.1) is 10.2 Å². The average molecular weight is 401 g/mol. The van der Waals surface area contributed by atoms with Crippen LogP contribution < -0.4 is 18.9 Å². The van der Waals surface area contributed by atoms with E-state index in [1.165, 1.54) is 33.5 Å². The lowest BCUT2D eigenvalue weighted by Gasteiger charge is -2.13. The van der Waals surface area contributed by atoms with Crippen LogP contribution in [-0.2, 0) is 10.0 Å². The normalized spacial score (nSPS) is 11.0. The van der Waals surface area contributed by atoms with Gasteiger partial charge < -0.3 is 14.2 Å². The summed E-state index contributed by atoms with van der Waals surface area (Å²) in [5, 5.41) is 8.00. The molecule has 0 saturated heterocycles. The first kappa shape index (κ1) is 19.4. The van der Waals surface area contributed by atoms with Crippen molar-refractivity contribution >= 4 is 15.7 Å². The van der Waals surface area contributed by atoms with Crippen LogP contribution in [0.15, 0.2) is 59.5 Å². The predicted octanol–water partition coefficient (Wildman–Crippen LogP) is 2.97. The first-order chi connectivity index (χ1) is 13.5. The lowest BCUT2D eigenvalue weighted by Crippen LogP contribution is -2.14. The molecule has 0 bridgehead atoms. The number of nitrogens with zero attached hydrogens (tertiary/aromatic N) is 2. The SMILES string of the molecule is COc1ccc(S(=O)(=O)Nc2cccc(-c3ccc(OC)nn3)c2)c(OC)c1. The average Bonchev–Trinajstić information content (AvgIpc) is 2.73. The van der Waals surface area contributed by atoms with Gasteiger partial charge in [0.25, 0.3) is 10.0 Å². The number of hydrogen-bond acceptors (Lipinski definition) is 7. The van der Waals surface area contributed by atoms with Gasteiger partial charge in [0.2, 0.25) is 5.88 Å².